The van der Waals surface area contributed by atoms with E-state index in [0.29, 0.717) is 0 Å². The predicted octanol–water partition coefficient (Wildman–Crippen LogP) is 5.25. The number of imidazole rings is 1. The molecule has 5 nitrogen and oxygen atoms in total. The molecule has 1 fully saturated rings. The van der Waals surface area contributed by atoms with Gasteiger partial charge < -0.3 is 19.4 Å². The number of aromatic nitrogens is 3. The lowest BCUT2D eigenvalue weighted by Crippen LogP contribution is -2.44. The molecule has 3 heterocycles. The Labute approximate surface area is 203 Å². The minimum atomic E-state index is 0.931. The van der Waals surface area contributed by atoms with Crippen molar-refractivity contribution < 1.29 is 0 Å². The first-order chi connectivity index (χ1) is 15.6. The zero-order valence-electron chi connectivity index (χ0n) is 18.8. The first kappa shape index (κ1) is 21.7. The lowest BCUT2D eigenvalue weighted by molar-refractivity contribution is 0.151. The van der Waals surface area contributed by atoms with Gasteiger partial charge in [0.25, 0.3) is 0 Å². The first-order valence-electron chi connectivity index (χ1n) is 11.4. The molecular formula is C26H30IN5. The largest absolute Gasteiger partial charge is 0.347 e. The van der Waals surface area contributed by atoms with Crippen molar-refractivity contribution in [3.8, 4) is 22.6 Å². The van der Waals surface area contributed by atoms with Gasteiger partial charge in [0.2, 0.25) is 0 Å². The number of H-pyrrole nitrogens is 1. The van der Waals surface area contributed by atoms with Crippen LogP contribution >= 0.6 is 22.6 Å². The molecule has 6 heteroatoms. The van der Waals surface area contributed by atoms with E-state index >= 15 is 0 Å². The Kier molecular flexibility index (Phi) is 6.35. The van der Waals surface area contributed by atoms with Gasteiger partial charge in [0.15, 0.2) is 0 Å². The van der Waals surface area contributed by atoms with Crippen LogP contribution in [-0.4, -0.2) is 64.1 Å². The number of piperazine rings is 1. The van der Waals surface area contributed by atoms with Crippen molar-refractivity contribution in [1.82, 2.24) is 24.3 Å². The molecule has 0 radical (unpaired) electrons. The second kappa shape index (κ2) is 9.37. The van der Waals surface area contributed by atoms with Crippen molar-refractivity contribution in [2.45, 2.75) is 19.9 Å². The molecule has 0 aliphatic carbocycles. The number of hydrogen-bond acceptors (Lipinski definition) is 3. The van der Waals surface area contributed by atoms with Crippen LogP contribution in [0.25, 0.3) is 33.5 Å². The van der Waals surface area contributed by atoms with Crippen molar-refractivity contribution in [3.05, 3.63) is 64.0 Å². The van der Waals surface area contributed by atoms with Gasteiger partial charge >= 0.3 is 0 Å². The monoisotopic (exact) mass is 539 g/mol. The summed E-state index contributed by atoms with van der Waals surface area (Å²) in [5, 5.41) is 1.27. The van der Waals surface area contributed by atoms with E-state index in [2.05, 4.69) is 111 Å². The number of nitrogens with zero attached hydrogens (tertiary/aromatic N) is 4. The summed E-state index contributed by atoms with van der Waals surface area (Å²) in [5.41, 5.74) is 5.71. The zero-order chi connectivity index (χ0) is 22.1. The Balaban J connectivity index is 1.30. The SMILES string of the molecule is Cc1[nH]c(-c2ccc3c(ccn3CCCN3CCN(C)CC3)c2)nc1-c1ccc(I)cc1. The highest BCUT2D eigenvalue weighted by molar-refractivity contribution is 14.1. The van der Waals surface area contributed by atoms with E-state index in [1.54, 1.807) is 0 Å². The Morgan fingerprint density at radius 1 is 0.938 bits per heavy atom. The molecule has 4 aromatic rings. The molecule has 2 aromatic heterocycles. The number of rotatable bonds is 6. The lowest BCUT2D eigenvalue weighted by Gasteiger charge is -2.32. The number of benzene rings is 2. The summed E-state index contributed by atoms with van der Waals surface area (Å²) < 4.78 is 3.62. The van der Waals surface area contributed by atoms with Gasteiger partial charge in [-0.1, -0.05) is 12.1 Å². The van der Waals surface area contributed by atoms with Crippen molar-refractivity contribution in [2.75, 3.05) is 39.8 Å². The molecule has 1 N–H and O–H groups in total. The maximum atomic E-state index is 4.93. The molecule has 1 aliphatic rings. The minimum Gasteiger partial charge on any atom is -0.347 e. The van der Waals surface area contributed by atoms with E-state index < -0.39 is 0 Å². The fourth-order valence-electron chi connectivity index (χ4n) is 4.56. The van der Waals surface area contributed by atoms with E-state index in [1.165, 1.54) is 53.6 Å². The molecule has 0 saturated carbocycles. The minimum absolute atomic E-state index is 0.931. The highest BCUT2D eigenvalue weighted by atomic mass is 127. The third-order valence-corrected chi connectivity index (χ3v) is 7.24. The number of hydrogen-bond donors (Lipinski definition) is 1. The van der Waals surface area contributed by atoms with Crippen LogP contribution in [0, 0.1) is 10.5 Å². The van der Waals surface area contributed by atoms with Gasteiger partial charge in [-0.15, -0.1) is 0 Å². The summed E-state index contributed by atoms with van der Waals surface area (Å²) in [6, 6.07) is 17.4. The average molecular weight is 539 g/mol. The van der Waals surface area contributed by atoms with Crippen LogP contribution in [0.4, 0.5) is 0 Å². The van der Waals surface area contributed by atoms with Gasteiger partial charge in [0.05, 0.1) is 5.69 Å². The van der Waals surface area contributed by atoms with Crippen molar-refractivity contribution in [2.24, 2.45) is 0 Å². The summed E-state index contributed by atoms with van der Waals surface area (Å²) in [6.07, 6.45) is 3.41. The summed E-state index contributed by atoms with van der Waals surface area (Å²) in [5.74, 6) is 0.931. The van der Waals surface area contributed by atoms with Crippen molar-refractivity contribution in [1.29, 1.82) is 0 Å². The quantitative estimate of drug-likeness (QED) is 0.341. The Hall–Kier alpha value is -2.16. The highest BCUT2D eigenvalue weighted by Gasteiger charge is 2.14. The predicted molar refractivity (Wildman–Crippen MR) is 141 cm³/mol. The van der Waals surface area contributed by atoms with Crippen molar-refractivity contribution in [3.63, 3.8) is 0 Å². The molecule has 32 heavy (non-hydrogen) atoms. The van der Waals surface area contributed by atoms with Crippen LogP contribution in [0.3, 0.4) is 0 Å². The number of aromatic amines is 1. The Morgan fingerprint density at radius 3 is 2.47 bits per heavy atom. The summed E-state index contributed by atoms with van der Waals surface area (Å²) in [4.78, 5) is 13.4. The molecule has 5 rings (SSSR count). The van der Waals surface area contributed by atoms with Gasteiger partial charge in [-0.2, -0.15) is 0 Å². The fourth-order valence-corrected chi connectivity index (χ4v) is 4.92. The Bertz CT molecular complexity index is 1200. The second-order valence-electron chi connectivity index (χ2n) is 8.85. The number of likely N-dealkylation sites (N-methyl/N-ethyl adjacent to an activating group) is 1. The van der Waals surface area contributed by atoms with Gasteiger partial charge in [0, 0.05) is 70.2 Å². The number of aryl methyl sites for hydroxylation is 2. The molecule has 0 unspecified atom stereocenters. The molecule has 0 spiro atoms. The molecule has 166 valence electrons. The molecule has 0 amide bonds. The van der Waals surface area contributed by atoms with Crippen LogP contribution in [-0.2, 0) is 6.54 Å². The van der Waals surface area contributed by atoms with Gasteiger partial charge in [-0.3, -0.25) is 0 Å². The van der Waals surface area contributed by atoms with Crippen LogP contribution in [0.5, 0.6) is 0 Å². The van der Waals surface area contributed by atoms with Gasteiger partial charge in [-0.25, -0.2) is 4.98 Å². The molecule has 0 bridgehead atoms. The maximum Gasteiger partial charge on any atom is 0.138 e. The maximum absolute atomic E-state index is 4.93. The molecule has 0 atom stereocenters. The fraction of sp³-hybridized carbons (Fsp3) is 0.346. The highest BCUT2D eigenvalue weighted by Crippen LogP contribution is 2.28. The van der Waals surface area contributed by atoms with E-state index in [4.69, 9.17) is 4.98 Å². The molecular weight excluding hydrogens is 509 g/mol. The van der Waals surface area contributed by atoms with Crippen molar-refractivity contribution >= 4 is 33.5 Å². The standard InChI is InChI=1S/C26H30IN5/c1-19-25(20-4-7-23(27)8-5-20)29-26(28-19)22-6-9-24-21(18-22)10-13-32(24)12-3-11-31-16-14-30(2)15-17-31/h4-10,13,18H,3,11-12,14-17H2,1-2H3,(H,28,29). The summed E-state index contributed by atoms with van der Waals surface area (Å²) >= 11 is 2.33. The van der Waals surface area contributed by atoms with E-state index in [1.807, 2.05) is 0 Å². The van der Waals surface area contributed by atoms with Crippen LogP contribution < -0.4 is 0 Å². The first-order valence-corrected chi connectivity index (χ1v) is 12.5. The summed E-state index contributed by atoms with van der Waals surface area (Å²) in [6.45, 7) is 9.10. The average Bonchev–Trinajstić information content (AvgIpc) is 3.39. The number of fused-ring (bicyclic) bond motifs is 1. The van der Waals surface area contributed by atoms with Gasteiger partial charge in [-0.05, 0) is 85.9 Å². The molecule has 1 aliphatic heterocycles. The lowest BCUT2D eigenvalue weighted by atomic mass is 10.1. The Morgan fingerprint density at radius 2 is 1.69 bits per heavy atom. The van der Waals surface area contributed by atoms with Crippen LogP contribution in [0.15, 0.2) is 54.7 Å². The normalized spacial score (nSPS) is 15.6. The third-order valence-electron chi connectivity index (χ3n) is 6.52. The number of halogens is 1. The smallest absolute Gasteiger partial charge is 0.138 e. The van der Waals surface area contributed by atoms with E-state index in [0.717, 1.165) is 34.9 Å². The van der Waals surface area contributed by atoms with Gasteiger partial charge in [0.1, 0.15) is 5.82 Å². The molecule has 1 saturated heterocycles. The zero-order valence-corrected chi connectivity index (χ0v) is 21.0. The third kappa shape index (κ3) is 4.63. The second-order valence-corrected chi connectivity index (χ2v) is 10.1. The number of nitrogens with one attached hydrogen (secondary N) is 1. The van der Waals surface area contributed by atoms with E-state index in [9.17, 15) is 0 Å². The van der Waals surface area contributed by atoms with Crippen LogP contribution in [0.1, 0.15) is 12.1 Å². The van der Waals surface area contributed by atoms with E-state index in [-0.39, 0.29) is 0 Å². The topological polar surface area (TPSA) is 40.1 Å². The molecule has 2 aromatic carbocycles. The van der Waals surface area contributed by atoms with Crippen LogP contribution in [0.2, 0.25) is 0 Å². The summed E-state index contributed by atoms with van der Waals surface area (Å²) in [7, 11) is 2.21.